The summed E-state index contributed by atoms with van der Waals surface area (Å²) in [5.74, 6) is 0.399. The van der Waals surface area contributed by atoms with Gasteiger partial charge in [0.25, 0.3) is 0 Å². The van der Waals surface area contributed by atoms with E-state index in [1.165, 1.54) is 31.7 Å². The maximum Gasteiger partial charge on any atom is 0.145 e. The lowest BCUT2D eigenvalue weighted by molar-refractivity contribution is 0.268. The SMILES string of the molecule is CN(Cc1cccc(C#N)c1F)CC1CCCC1. The third-order valence-electron chi connectivity index (χ3n) is 3.68. The Kier molecular flexibility index (Phi) is 4.33. The number of nitriles is 1. The molecule has 0 heterocycles. The molecule has 0 N–H and O–H groups in total. The van der Waals surface area contributed by atoms with Crippen LogP contribution >= 0.6 is 0 Å². The second kappa shape index (κ2) is 5.97. The largest absolute Gasteiger partial charge is 0.302 e. The highest BCUT2D eigenvalue weighted by Gasteiger charge is 2.17. The van der Waals surface area contributed by atoms with Crippen molar-refractivity contribution in [3.63, 3.8) is 0 Å². The summed E-state index contributed by atoms with van der Waals surface area (Å²) in [6.07, 6.45) is 5.25. The maximum absolute atomic E-state index is 13.9. The van der Waals surface area contributed by atoms with E-state index in [9.17, 15) is 4.39 Å². The third kappa shape index (κ3) is 3.08. The zero-order valence-electron chi connectivity index (χ0n) is 10.8. The highest BCUT2D eigenvalue weighted by Crippen LogP contribution is 2.25. The van der Waals surface area contributed by atoms with Gasteiger partial charge in [-0.15, -0.1) is 0 Å². The molecule has 0 unspecified atom stereocenters. The van der Waals surface area contributed by atoms with Crippen molar-refractivity contribution < 1.29 is 4.39 Å². The van der Waals surface area contributed by atoms with Gasteiger partial charge in [0.1, 0.15) is 11.9 Å². The predicted molar refractivity (Wildman–Crippen MR) is 69.4 cm³/mol. The van der Waals surface area contributed by atoms with Crippen LogP contribution in [0.3, 0.4) is 0 Å². The van der Waals surface area contributed by atoms with E-state index < -0.39 is 0 Å². The molecule has 1 aliphatic rings. The van der Waals surface area contributed by atoms with Crippen LogP contribution in [0.25, 0.3) is 0 Å². The van der Waals surface area contributed by atoms with Crippen molar-refractivity contribution >= 4 is 0 Å². The van der Waals surface area contributed by atoms with Crippen molar-refractivity contribution in [2.45, 2.75) is 32.2 Å². The van der Waals surface area contributed by atoms with Crippen LogP contribution in [0.1, 0.15) is 36.8 Å². The van der Waals surface area contributed by atoms with Gasteiger partial charge in [-0.2, -0.15) is 5.26 Å². The Hall–Kier alpha value is -1.40. The summed E-state index contributed by atoms with van der Waals surface area (Å²) in [7, 11) is 2.02. The van der Waals surface area contributed by atoms with Crippen LogP contribution in [0.2, 0.25) is 0 Å². The average molecular weight is 246 g/mol. The smallest absolute Gasteiger partial charge is 0.145 e. The van der Waals surface area contributed by atoms with Gasteiger partial charge in [-0.25, -0.2) is 4.39 Å². The first-order valence-electron chi connectivity index (χ1n) is 6.56. The average Bonchev–Trinajstić information content (AvgIpc) is 2.84. The van der Waals surface area contributed by atoms with Gasteiger partial charge in [-0.1, -0.05) is 25.0 Å². The Morgan fingerprint density at radius 1 is 1.39 bits per heavy atom. The van der Waals surface area contributed by atoms with E-state index in [1.807, 2.05) is 13.1 Å². The predicted octanol–water partition coefficient (Wildman–Crippen LogP) is 3.32. The van der Waals surface area contributed by atoms with E-state index in [0.29, 0.717) is 12.1 Å². The van der Waals surface area contributed by atoms with Crippen molar-refractivity contribution in [2.75, 3.05) is 13.6 Å². The zero-order valence-corrected chi connectivity index (χ0v) is 10.8. The molecule has 1 aromatic carbocycles. The topological polar surface area (TPSA) is 27.0 Å². The molecule has 18 heavy (non-hydrogen) atoms. The minimum atomic E-state index is -0.363. The van der Waals surface area contributed by atoms with E-state index in [1.54, 1.807) is 12.1 Å². The van der Waals surface area contributed by atoms with Gasteiger partial charge in [-0.3, -0.25) is 0 Å². The zero-order chi connectivity index (χ0) is 13.0. The van der Waals surface area contributed by atoms with Gasteiger partial charge in [0.2, 0.25) is 0 Å². The highest BCUT2D eigenvalue weighted by atomic mass is 19.1. The first-order valence-corrected chi connectivity index (χ1v) is 6.56. The van der Waals surface area contributed by atoms with E-state index in [0.717, 1.165) is 12.5 Å². The second-order valence-electron chi connectivity index (χ2n) is 5.24. The maximum atomic E-state index is 13.9. The molecule has 0 amide bonds. The van der Waals surface area contributed by atoms with Gasteiger partial charge in [0.05, 0.1) is 5.56 Å². The van der Waals surface area contributed by atoms with Gasteiger partial charge in [0, 0.05) is 18.7 Å². The summed E-state index contributed by atoms with van der Waals surface area (Å²) in [5.41, 5.74) is 0.760. The molecule has 2 nitrogen and oxygen atoms in total. The molecule has 1 fully saturated rings. The number of halogens is 1. The Balaban J connectivity index is 1.98. The second-order valence-corrected chi connectivity index (χ2v) is 5.24. The highest BCUT2D eigenvalue weighted by molar-refractivity contribution is 5.34. The number of hydrogen-bond acceptors (Lipinski definition) is 2. The lowest BCUT2D eigenvalue weighted by atomic mass is 10.1. The van der Waals surface area contributed by atoms with Crippen molar-refractivity contribution in [1.82, 2.24) is 4.90 Å². The van der Waals surface area contributed by atoms with Crippen LogP contribution in [0.15, 0.2) is 18.2 Å². The quantitative estimate of drug-likeness (QED) is 0.815. The van der Waals surface area contributed by atoms with Crippen LogP contribution in [0.4, 0.5) is 4.39 Å². The fraction of sp³-hybridized carbons (Fsp3) is 0.533. The van der Waals surface area contributed by atoms with Crippen LogP contribution in [-0.4, -0.2) is 18.5 Å². The number of nitrogens with zero attached hydrogens (tertiary/aromatic N) is 2. The van der Waals surface area contributed by atoms with Gasteiger partial charge >= 0.3 is 0 Å². The fourth-order valence-corrected chi connectivity index (χ4v) is 2.78. The standard InChI is InChI=1S/C15H19FN2/c1-18(10-12-5-2-3-6-12)11-14-8-4-7-13(9-17)15(14)16/h4,7-8,12H,2-3,5-6,10-11H2,1H3. The molecule has 0 bridgehead atoms. The van der Waals surface area contributed by atoms with Crippen LogP contribution in [0.5, 0.6) is 0 Å². The molecule has 3 heteroatoms. The number of benzene rings is 1. The molecule has 1 aromatic rings. The van der Waals surface area contributed by atoms with E-state index >= 15 is 0 Å². The summed E-state index contributed by atoms with van der Waals surface area (Å²) in [4.78, 5) is 2.16. The van der Waals surface area contributed by atoms with Gasteiger partial charge in [0.15, 0.2) is 0 Å². The summed E-state index contributed by atoms with van der Waals surface area (Å²) in [5, 5.41) is 8.80. The Morgan fingerprint density at radius 3 is 2.78 bits per heavy atom. The molecular weight excluding hydrogens is 227 g/mol. The molecule has 0 aliphatic heterocycles. The molecule has 0 radical (unpaired) electrons. The molecule has 0 aromatic heterocycles. The van der Waals surface area contributed by atoms with E-state index in [4.69, 9.17) is 5.26 Å². The molecule has 2 rings (SSSR count). The van der Waals surface area contributed by atoms with Crippen molar-refractivity contribution in [3.8, 4) is 6.07 Å². The van der Waals surface area contributed by atoms with Crippen LogP contribution < -0.4 is 0 Å². The van der Waals surface area contributed by atoms with Crippen molar-refractivity contribution in [2.24, 2.45) is 5.92 Å². The molecule has 0 spiro atoms. The molecule has 96 valence electrons. The van der Waals surface area contributed by atoms with Crippen LogP contribution in [-0.2, 0) is 6.54 Å². The molecule has 0 saturated heterocycles. The Bertz CT molecular complexity index is 444. The summed E-state index contributed by atoms with van der Waals surface area (Å²) >= 11 is 0. The molecular formula is C15H19FN2. The summed E-state index contributed by atoms with van der Waals surface area (Å²) in [6.45, 7) is 1.61. The Morgan fingerprint density at radius 2 is 2.11 bits per heavy atom. The fourth-order valence-electron chi connectivity index (χ4n) is 2.78. The first-order chi connectivity index (χ1) is 8.70. The van der Waals surface area contributed by atoms with Gasteiger partial charge in [-0.05, 0) is 31.9 Å². The van der Waals surface area contributed by atoms with E-state index in [-0.39, 0.29) is 11.4 Å². The van der Waals surface area contributed by atoms with E-state index in [2.05, 4.69) is 4.90 Å². The van der Waals surface area contributed by atoms with Gasteiger partial charge < -0.3 is 4.90 Å². The van der Waals surface area contributed by atoms with Crippen molar-refractivity contribution in [3.05, 3.63) is 35.1 Å². The molecule has 1 saturated carbocycles. The lowest BCUT2D eigenvalue weighted by Crippen LogP contribution is -2.24. The summed E-state index contributed by atoms with van der Waals surface area (Å²) in [6, 6.07) is 6.93. The molecule has 1 aliphatic carbocycles. The summed E-state index contributed by atoms with van der Waals surface area (Å²) < 4.78 is 13.9. The first kappa shape index (κ1) is 13.0. The third-order valence-corrected chi connectivity index (χ3v) is 3.68. The van der Waals surface area contributed by atoms with Crippen molar-refractivity contribution in [1.29, 1.82) is 5.26 Å². The molecule has 0 atom stereocenters. The normalized spacial score (nSPS) is 16.1. The minimum Gasteiger partial charge on any atom is -0.302 e. The minimum absolute atomic E-state index is 0.141. The Labute approximate surface area is 108 Å². The lowest BCUT2D eigenvalue weighted by Gasteiger charge is -2.21. The number of hydrogen-bond donors (Lipinski definition) is 0. The number of rotatable bonds is 4. The monoisotopic (exact) mass is 246 g/mol. The van der Waals surface area contributed by atoms with Crippen LogP contribution in [0, 0.1) is 23.1 Å².